The van der Waals surface area contributed by atoms with Gasteiger partial charge in [0.25, 0.3) is 0 Å². The number of halogens is 1. The molecule has 0 fully saturated rings. The Labute approximate surface area is 130 Å². The molecule has 2 aromatic heterocycles. The zero-order valence-electron chi connectivity index (χ0n) is 12.5. The number of nitrogens with two attached hydrogens (primary N) is 1. The van der Waals surface area contributed by atoms with Gasteiger partial charge in [-0.15, -0.1) is 10.2 Å². The fourth-order valence-electron chi connectivity index (χ4n) is 1.72. The van der Waals surface area contributed by atoms with Crippen LogP contribution in [0.1, 0.15) is 0 Å². The number of hydrogen-bond donors (Lipinski definition) is 1. The second-order valence-corrected chi connectivity index (χ2v) is 12.1. The molecule has 0 aliphatic carbocycles. The van der Waals surface area contributed by atoms with Crippen molar-refractivity contribution in [2.24, 2.45) is 0 Å². The largest absolute Gasteiger partial charge is 0.382 e. The average Bonchev–Trinajstić information content (AvgIpc) is 2.85. The summed E-state index contributed by atoms with van der Waals surface area (Å²) in [6, 6.07) is 2.81. The van der Waals surface area contributed by atoms with E-state index < -0.39 is 8.07 Å². The Hall–Kier alpha value is -1.44. The molecule has 6 nitrogen and oxygen atoms in total. The van der Waals surface area contributed by atoms with Gasteiger partial charge < -0.3 is 10.5 Å². The van der Waals surface area contributed by atoms with Crippen LogP contribution in [0.2, 0.25) is 30.8 Å². The van der Waals surface area contributed by atoms with Crippen molar-refractivity contribution in [2.75, 3.05) is 12.3 Å². The third-order valence-electron chi connectivity index (χ3n) is 2.96. The smallest absolute Gasteiger partial charge is 0.154 e. The number of ether oxygens (including phenoxy) is 1. The number of hydrogen-bond acceptors (Lipinski definition) is 5. The second kappa shape index (κ2) is 6.55. The van der Waals surface area contributed by atoms with Crippen LogP contribution in [0.5, 0.6) is 0 Å². The van der Waals surface area contributed by atoms with Gasteiger partial charge >= 0.3 is 0 Å². The van der Waals surface area contributed by atoms with Crippen molar-refractivity contribution in [1.82, 2.24) is 20.0 Å². The molecule has 0 aromatic carbocycles. The quantitative estimate of drug-likeness (QED) is 0.652. The molecule has 0 atom stereocenters. The monoisotopic (exact) mass is 325 g/mol. The third kappa shape index (κ3) is 4.80. The Morgan fingerprint density at radius 3 is 2.81 bits per heavy atom. The van der Waals surface area contributed by atoms with Crippen molar-refractivity contribution in [3.63, 3.8) is 0 Å². The van der Waals surface area contributed by atoms with Crippen LogP contribution in [0, 0.1) is 0 Å². The first-order valence-corrected chi connectivity index (χ1v) is 10.8. The van der Waals surface area contributed by atoms with Gasteiger partial charge in [0.05, 0.1) is 6.20 Å². The molecule has 0 saturated carbocycles. The molecule has 0 spiro atoms. The molecule has 2 heterocycles. The van der Waals surface area contributed by atoms with E-state index in [4.69, 9.17) is 22.1 Å². The van der Waals surface area contributed by atoms with Crippen LogP contribution in [0.3, 0.4) is 0 Å². The van der Waals surface area contributed by atoms with Gasteiger partial charge in [0.2, 0.25) is 0 Å². The van der Waals surface area contributed by atoms with Crippen LogP contribution in [0.25, 0.3) is 11.1 Å². The number of nitrogen functional groups attached to an aromatic ring is 1. The first kappa shape index (κ1) is 15.9. The van der Waals surface area contributed by atoms with Crippen molar-refractivity contribution >= 4 is 25.5 Å². The summed E-state index contributed by atoms with van der Waals surface area (Å²) in [5.74, 6) is 0.332. The minimum atomic E-state index is -1.06. The van der Waals surface area contributed by atoms with E-state index in [9.17, 15) is 0 Å². The van der Waals surface area contributed by atoms with Crippen molar-refractivity contribution in [1.29, 1.82) is 0 Å². The molecule has 0 radical (unpaired) electrons. The van der Waals surface area contributed by atoms with Crippen LogP contribution in [-0.2, 0) is 11.5 Å². The lowest BCUT2D eigenvalue weighted by Gasteiger charge is -2.15. The van der Waals surface area contributed by atoms with E-state index in [-0.39, 0.29) is 0 Å². The maximum Gasteiger partial charge on any atom is 0.154 e. The van der Waals surface area contributed by atoms with E-state index >= 15 is 0 Å². The predicted molar refractivity (Wildman–Crippen MR) is 86.8 cm³/mol. The first-order chi connectivity index (χ1) is 9.85. The Balaban J connectivity index is 1.97. The Morgan fingerprint density at radius 2 is 2.10 bits per heavy atom. The molecular formula is C13H20ClN5OSi. The van der Waals surface area contributed by atoms with Crippen LogP contribution in [0.4, 0.5) is 5.82 Å². The van der Waals surface area contributed by atoms with E-state index in [1.54, 1.807) is 16.9 Å². The minimum absolute atomic E-state index is 0.304. The fourth-order valence-corrected chi connectivity index (χ4v) is 2.62. The Bertz CT molecular complexity index is 611. The molecule has 0 bridgehead atoms. The van der Waals surface area contributed by atoms with Crippen LogP contribution in [-0.4, -0.2) is 34.7 Å². The van der Waals surface area contributed by atoms with Gasteiger partial charge in [-0.2, -0.15) is 5.10 Å². The van der Waals surface area contributed by atoms with Crippen molar-refractivity contribution in [2.45, 2.75) is 32.4 Å². The van der Waals surface area contributed by atoms with Crippen LogP contribution >= 0.6 is 11.6 Å². The number of aromatic nitrogens is 4. The Kier molecular flexibility index (Phi) is 4.97. The van der Waals surface area contributed by atoms with Crippen molar-refractivity contribution in [3.8, 4) is 11.1 Å². The van der Waals surface area contributed by atoms with E-state index in [2.05, 4.69) is 34.9 Å². The topological polar surface area (TPSA) is 78.8 Å². The van der Waals surface area contributed by atoms with Gasteiger partial charge in [-0.3, -0.25) is 0 Å². The summed E-state index contributed by atoms with van der Waals surface area (Å²) in [5, 5.41) is 12.1. The van der Waals surface area contributed by atoms with E-state index in [1.165, 1.54) is 0 Å². The number of nitrogens with zero attached hydrogens (tertiary/aromatic N) is 4. The molecule has 114 valence electrons. The summed E-state index contributed by atoms with van der Waals surface area (Å²) >= 11 is 5.84. The minimum Gasteiger partial charge on any atom is -0.382 e. The lowest BCUT2D eigenvalue weighted by molar-refractivity contribution is 0.0786. The zero-order valence-corrected chi connectivity index (χ0v) is 14.3. The maximum atomic E-state index is 5.84. The molecular weight excluding hydrogens is 306 g/mol. The van der Waals surface area contributed by atoms with Crippen molar-refractivity contribution in [3.05, 3.63) is 23.6 Å². The molecule has 0 aliphatic rings. The summed E-state index contributed by atoms with van der Waals surface area (Å²) in [7, 11) is -1.06. The Morgan fingerprint density at radius 1 is 1.33 bits per heavy atom. The molecule has 2 rings (SSSR count). The summed E-state index contributed by atoms with van der Waals surface area (Å²) in [5.41, 5.74) is 7.38. The first-order valence-electron chi connectivity index (χ1n) is 6.74. The standard InChI is InChI=1S/C13H20ClN5OSi/c1-21(2,3)5-4-20-9-19-8-10(7-16-19)11-6-12(14)17-18-13(11)15/h6-8H,4-5,9H2,1-3H3,(H2,15,18). The van der Waals surface area contributed by atoms with Gasteiger partial charge in [0, 0.05) is 32.0 Å². The lowest BCUT2D eigenvalue weighted by atomic mass is 10.1. The molecule has 0 amide bonds. The highest BCUT2D eigenvalue weighted by molar-refractivity contribution is 6.76. The second-order valence-electron chi connectivity index (χ2n) is 6.08. The summed E-state index contributed by atoms with van der Waals surface area (Å²) in [6.45, 7) is 8.16. The normalized spacial score (nSPS) is 11.8. The van der Waals surface area contributed by atoms with Crippen molar-refractivity contribution < 1.29 is 4.74 Å². The molecule has 2 N–H and O–H groups in total. The van der Waals surface area contributed by atoms with E-state index in [1.807, 2.05) is 6.20 Å². The summed E-state index contributed by atoms with van der Waals surface area (Å²) in [6.07, 6.45) is 3.57. The van der Waals surface area contributed by atoms with Crippen LogP contribution in [0.15, 0.2) is 18.5 Å². The summed E-state index contributed by atoms with van der Waals surface area (Å²) in [4.78, 5) is 0. The molecule has 0 saturated heterocycles. The number of rotatable bonds is 6. The maximum absolute atomic E-state index is 5.84. The van der Waals surface area contributed by atoms with Gasteiger partial charge in [-0.1, -0.05) is 31.2 Å². The van der Waals surface area contributed by atoms with E-state index in [0.717, 1.165) is 23.8 Å². The van der Waals surface area contributed by atoms with Gasteiger partial charge in [0.15, 0.2) is 11.0 Å². The van der Waals surface area contributed by atoms with Gasteiger partial charge in [-0.05, 0) is 12.1 Å². The molecule has 2 aromatic rings. The number of anilines is 1. The highest BCUT2D eigenvalue weighted by Gasteiger charge is 2.12. The third-order valence-corrected chi connectivity index (χ3v) is 4.85. The lowest BCUT2D eigenvalue weighted by Crippen LogP contribution is -2.22. The van der Waals surface area contributed by atoms with Gasteiger partial charge in [-0.25, -0.2) is 4.68 Å². The summed E-state index contributed by atoms with van der Waals surface area (Å²) < 4.78 is 7.38. The molecule has 21 heavy (non-hydrogen) atoms. The van der Waals surface area contributed by atoms with E-state index in [0.29, 0.717) is 17.7 Å². The molecule has 0 unspecified atom stereocenters. The molecule has 8 heteroatoms. The predicted octanol–water partition coefficient (Wildman–Crippen LogP) is 2.89. The highest BCUT2D eigenvalue weighted by atomic mass is 35.5. The molecule has 0 aliphatic heterocycles. The highest BCUT2D eigenvalue weighted by Crippen LogP contribution is 2.25. The zero-order chi connectivity index (χ0) is 15.5. The van der Waals surface area contributed by atoms with Crippen LogP contribution < -0.4 is 5.73 Å². The SMILES string of the molecule is C[Si](C)(C)CCOCn1cc(-c2cc(Cl)nnc2N)cn1. The van der Waals surface area contributed by atoms with Gasteiger partial charge in [0.1, 0.15) is 6.73 Å². The fraction of sp³-hybridized carbons (Fsp3) is 0.462. The average molecular weight is 326 g/mol.